The van der Waals surface area contributed by atoms with Crippen LogP contribution in [0.25, 0.3) is 38.8 Å². The first-order valence-corrected chi connectivity index (χ1v) is 15.0. The summed E-state index contributed by atoms with van der Waals surface area (Å²) in [6.45, 7) is 8.55. The zero-order valence-electron chi connectivity index (χ0n) is 25.9. The van der Waals surface area contributed by atoms with E-state index >= 15 is 0 Å². The number of rotatable bonds is 5. The molecule has 8 rings (SSSR count). The molecular formula is C39H30N5OPt-3. The van der Waals surface area contributed by atoms with Gasteiger partial charge < -0.3 is 24.1 Å². The maximum Gasteiger partial charge on any atom is 0.143 e. The van der Waals surface area contributed by atoms with Crippen LogP contribution in [0.3, 0.4) is 0 Å². The fourth-order valence-electron chi connectivity index (χ4n) is 6.64. The van der Waals surface area contributed by atoms with Gasteiger partial charge in [0.05, 0.1) is 5.52 Å². The SMILES string of the molecule is Cc1cc(C)c(-c2cc(Oc3[c-]c(-n4c5ccccc5c5cccnc54)cnc3)[c-]c(N3[CH-]N(C)c4ccccc43)c2)c(C)c1.[Pt]. The van der Waals surface area contributed by atoms with Gasteiger partial charge in [-0.05, 0) is 86.7 Å². The predicted molar refractivity (Wildman–Crippen MR) is 181 cm³/mol. The molecule has 0 unspecified atom stereocenters. The number of hydrogen-bond acceptors (Lipinski definition) is 5. The molecule has 0 amide bonds. The monoisotopic (exact) mass is 779 g/mol. The van der Waals surface area contributed by atoms with Crippen LogP contribution in [0.15, 0.2) is 104 Å². The van der Waals surface area contributed by atoms with E-state index in [9.17, 15) is 0 Å². The van der Waals surface area contributed by atoms with Gasteiger partial charge in [-0.25, -0.2) is 4.98 Å². The molecule has 0 radical (unpaired) electrons. The molecule has 0 atom stereocenters. The van der Waals surface area contributed by atoms with Crippen molar-refractivity contribution in [2.75, 3.05) is 16.8 Å². The van der Waals surface area contributed by atoms with Crippen molar-refractivity contribution in [3.63, 3.8) is 0 Å². The van der Waals surface area contributed by atoms with E-state index in [1.165, 1.54) is 22.3 Å². The minimum absolute atomic E-state index is 0. The Kier molecular flexibility index (Phi) is 7.62. The van der Waals surface area contributed by atoms with Crippen molar-refractivity contribution < 1.29 is 25.8 Å². The van der Waals surface area contributed by atoms with Crippen LogP contribution >= 0.6 is 0 Å². The van der Waals surface area contributed by atoms with Gasteiger partial charge in [0.2, 0.25) is 0 Å². The maximum atomic E-state index is 6.56. The number of benzene rings is 4. The molecule has 0 spiro atoms. The summed E-state index contributed by atoms with van der Waals surface area (Å²) in [5, 5.41) is 2.20. The average molecular weight is 780 g/mol. The van der Waals surface area contributed by atoms with E-state index in [0.29, 0.717) is 11.5 Å². The Bertz CT molecular complexity index is 2180. The second-order valence-corrected chi connectivity index (χ2v) is 11.6. The fraction of sp³-hybridized carbons (Fsp3) is 0.103. The van der Waals surface area contributed by atoms with E-state index in [-0.39, 0.29) is 21.1 Å². The molecule has 230 valence electrons. The molecule has 7 heteroatoms. The minimum Gasteiger partial charge on any atom is -0.508 e. The molecule has 0 bridgehead atoms. The van der Waals surface area contributed by atoms with Crippen LogP contribution in [0.4, 0.5) is 17.1 Å². The number of hydrogen-bond donors (Lipinski definition) is 0. The zero-order valence-corrected chi connectivity index (χ0v) is 28.1. The van der Waals surface area contributed by atoms with Gasteiger partial charge >= 0.3 is 0 Å². The molecule has 0 aliphatic carbocycles. The van der Waals surface area contributed by atoms with Crippen LogP contribution in [-0.4, -0.2) is 21.6 Å². The van der Waals surface area contributed by atoms with Gasteiger partial charge in [0.25, 0.3) is 0 Å². The van der Waals surface area contributed by atoms with Gasteiger partial charge in [0.1, 0.15) is 5.65 Å². The van der Waals surface area contributed by atoms with Crippen molar-refractivity contribution in [3.8, 4) is 28.3 Å². The van der Waals surface area contributed by atoms with Crippen molar-refractivity contribution in [3.05, 3.63) is 139 Å². The number of aromatic nitrogens is 3. The van der Waals surface area contributed by atoms with E-state index < -0.39 is 0 Å². The van der Waals surface area contributed by atoms with Crippen molar-refractivity contribution >= 4 is 39.0 Å². The third-order valence-corrected chi connectivity index (χ3v) is 8.40. The molecule has 4 heterocycles. The molecule has 0 saturated carbocycles. The smallest absolute Gasteiger partial charge is 0.143 e. The van der Waals surface area contributed by atoms with Crippen molar-refractivity contribution in [1.82, 2.24) is 14.5 Å². The molecule has 6 nitrogen and oxygen atoms in total. The number of fused-ring (bicyclic) bond motifs is 4. The Morgan fingerprint density at radius 2 is 1.46 bits per heavy atom. The summed E-state index contributed by atoms with van der Waals surface area (Å²) >= 11 is 0. The number of nitrogens with zero attached hydrogens (tertiary/aromatic N) is 5. The maximum absolute atomic E-state index is 6.56. The topological polar surface area (TPSA) is 46.4 Å². The molecule has 0 N–H and O–H groups in total. The summed E-state index contributed by atoms with van der Waals surface area (Å²) in [5.41, 5.74) is 11.7. The van der Waals surface area contributed by atoms with E-state index in [1.54, 1.807) is 12.4 Å². The Morgan fingerprint density at radius 3 is 2.28 bits per heavy atom. The fourth-order valence-corrected chi connectivity index (χ4v) is 6.64. The number of pyridine rings is 2. The predicted octanol–water partition coefficient (Wildman–Crippen LogP) is 9.26. The van der Waals surface area contributed by atoms with Crippen LogP contribution < -0.4 is 14.5 Å². The Balaban J connectivity index is 0.00000338. The van der Waals surface area contributed by atoms with Crippen LogP contribution in [0.5, 0.6) is 11.5 Å². The van der Waals surface area contributed by atoms with E-state index in [2.05, 4.69) is 133 Å². The molecule has 0 fully saturated rings. The Hall–Kier alpha value is -4.93. The standard InChI is InChI=1S/C39H30N5O.Pt/c1-25-16-26(2)38(27(3)17-25)28-18-29(43-24-42(4)36-13-7-8-14-37(36)43)20-31(19-28)45-32-21-30(22-40-23-32)44-35-12-6-5-10-33(35)34-11-9-15-41-39(34)44;/h5-19,22-24H,1-4H3;/q-3;. The normalized spacial score (nSPS) is 12.4. The number of para-hydroxylation sites is 3. The molecular weight excluding hydrogens is 750 g/mol. The molecule has 3 aromatic heterocycles. The second kappa shape index (κ2) is 11.8. The van der Waals surface area contributed by atoms with E-state index in [1.807, 2.05) is 24.4 Å². The first kappa shape index (κ1) is 29.8. The van der Waals surface area contributed by atoms with E-state index in [4.69, 9.17) is 9.72 Å². The second-order valence-electron chi connectivity index (χ2n) is 11.6. The summed E-state index contributed by atoms with van der Waals surface area (Å²) in [7, 11) is 2.06. The molecule has 4 aromatic carbocycles. The molecule has 46 heavy (non-hydrogen) atoms. The largest absolute Gasteiger partial charge is 0.508 e. The van der Waals surface area contributed by atoms with Crippen LogP contribution in [0.1, 0.15) is 16.7 Å². The Labute approximate surface area is 283 Å². The van der Waals surface area contributed by atoms with Crippen LogP contribution in [-0.2, 0) is 21.1 Å². The molecule has 7 aromatic rings. The first-order valence-electron chi connectivity index (χ1n) is 15.0. The summed E-state index contributed by atoms with van der Waals surface area (Å²) in [5.74, 6) is 1.08. The van der Waals surface area contributed by atoms with E-state index in [0.717, 1.165) is 50.2 Å². The van der Waals surface area contributed by atoms with Crippen LogP contribution in [0.2, 0.25) is 0 Å². The minimum atomic E-state index is 0. The molecule has 1 aliphatic rings. The average Bonchev–Trinajstić information content (AvgIpc) is 3.56. The van der Waals surface area contributed by atoms with Crippen molar-refractivity contribution in [2.24, 2.45) is 0 Å². The van der Waals surface area contributed by atoms with Gasteiger partial charge in [-0.1, -0.05) is 54.2 Å². The van der Waals surface area contributed by atoms with Gasteiger partial charge in [0.15, 0.2) is 0 Å². The molecule has 1 aliphatic heterocycles. The zero-order chi connectivity index (χ0) is 30.7. The number of anilines is 3. The summed E-state index contributed by atoms with van der Waals surface area (Å²) < 4.78 is 8.64. The quantitative estimate of drug-likeness (QED) is 0.163. The number of ether oxygens (including phenoxy) is 1. The summed E-state index contributed by atoms with van der Waals surface area (Å²) in [6.07, 6.45) is 5.30. The Morgan fingerprint density at radius 1 is 0.739 bits per heavy atom. The van der Waals surface area contributed by atoms with Crippen molar-refractivity contribution in [1.29, 1.82) is 0 Å². The van der Waals surface area contributed by atoms with Crippen molar-refractivity contribution in [2.45, 2.75) is 20.8 Å². The molecule has 0 saturated heterocycles. The third kappa shape index (κ3) is 5.03. The number of aryl methyl sites for hydroxylation is 3. The van der Waals surface area contributed by atoms with Crippen LogP contribution in [0, 0.1) is 39.6 Å². The summed E-state index contributed by atoms with van der Waals surface area (Å²) in [4.78, 5) is 13.6. The van der Waals surface area contributed by atoms with Gasteiger partial charge in [-0.15, -0.1) is 35.5 Å². The summed E-state index contributed by atoms with van der Waals surface area (Å²) in [6, 6.07) is 36.4. The third-order valence-electron chi connectivity index (χ3n) is 8.40. The van der Waals surface area contributed by atoms with Gasteiger partial charge in [-0.3, -0.25) is 0 Å². The van der Waals surface area contributed by atoms with Gasteiger partial charge in [-0.2, -0.15) is 6.67 Å². The first-order chi connectivity index (χ1) is 21.9. The van der Waals surface area contributed by atoms with Gasteiger partial charge in [0, 0.05) is 60.9 Å².